The van der Waals surface area contributed by atoms with Crippen molar-refractivity contribution in [3.8, 4) is 0 Å². The lowest BCUT2D eigenvalue weighted by Crippen LogP contribution is -2.16. The SMILES string of the molecule is CC(=O)[O-].FC(F)(F)[s+]1c(C2CCCCCC2)cc2ccccc21. The molecule has 1 atom stereocenters. The van der Waals surface area contributed by atoms with E-state index < -0.39 is 21.9 Å². The summed E-state index contributed by atoms with van der Waals surface area (Å²) in [6, 6.07) is 8.82. The molecule has 0 radical (unpaired) electrons. The number of hydrogen-bond acceptors (Lipinski definition) is 2. The quantitative estimate of drug-likeness (QED) is 0.515. The minimum atomic E-state index is -4.15. The van der Waals surface area contributed by atoms with Crippen molar-refractivity contribution < 1.29 is 23.1 Å². The lowest BCUT2D eigenvalue weighted by atomic mass is 9.98. The van der Waals surface area contributed by atoms with Gasteiger partial charge < -0.3 is 9.90 Å². The van der Waals surface area contributed by atoms with Gasteiger partial charge in [0.2, 0.25) is 0 Å². The van der Waals surface area contributed by atoms with E-state index in [0.29, 0.717) is 9.58 Å². The largest absolute Gasteiger partial charge is 0.600 e. The predicted octanol–water partition coefficient (Wildman–Crippen LogP) is 5.26. The van der Waals surface area contributed by atoms with Gasteiger partial charge in [-0.2, -0.15) is 0 Å². The van der Waals surface area contributed by atoms with Crippen LogP contribution in [-0.2, 0) is 10.3 Å². The first-order valence-electron chi connectivity index (χ1n) is 8.10. The summed E-state index contributed by atoms with van der Waals surface area (Å²) in [6.07, 6.45) is 6.28. The Morgan fingerprint density at radius 1 is 1.12 bits per heavy atom. The van der Waals surface area contributed by atoms with Crippen molar-refractivity contribution in [1.29, 1.82) is 0 Å². The van der Waals surface area contributed by atoms with Gasteiger partial charge in [0, 0.05) is 23.3 Å². The van der Waals surface area contributed by atoms with Crippen molar-refractivity contribution in [2.75, 3.05) is 0 Å². The molecule has 1 aliphatic carbocycles. The van der Waals surface area contributed by atoms with E-state index in [1.165, 1.54) is 0 Å². The minimum Gasteiger partial charge on any atom is -0.550 e. The summed E-state index contributed by atoms with van der Waals surface area (Å²) in [7, 11) is -1.70. The van der Waals surface area contributed by atoms with Gasteiger partial charge >= 0.3 is 5.51 Å². The molecule has 6 heteroatoms. The molecule has 0 saturated heterocycles. The molecular weight excluding hydrogens is 337 g/mol. The Bertz CT molecular complexity index is 679. The fourth-order valence-corrected chi connectivity index (χ4v) is 5.39. The monoisotopic (exact) mass is 358 g/mol. The van der Waals surface area contributed by atoms with Crippen LogP contribution in [0, 0.1) is 0 Å². The van der Waals surface area contributed by atoms with Gasteiger partial charge in [0.25, 0.3) is 0 Å². The Balaban J connectivity index is 0.000000471. The van der Waals surface area contributed by atoms with E-state index in [0.717, 1.165) is 50.8 Å². The fourth-order valence-electron chi connectivity index (χ4n) is 3.23. The van der Waals surface area contributed by atoms with Gasteiger partial charge in [0.15, 0.2) is 9.58 Å². The van der Waals surface area contributed by atoms with Crippen LogP contribution in [0.3, 0.4) is 0 Å². The number of thiophene rings is 1. The van der Waals surface area contributed by atoms with E-state index in [1.54, 1.807) is 12.1 Å². The second-order valence-electron chi connectivity index (χ2n) is 6.02. The number of carboxylic acids is 1. The summed E-state index contributed by atoms with van der Waals surface area (Å²) in [6.45, 7) is 0.972. The first-order chi connectivity index (χ1) is 11.3. The third kappa shape index (κ3) is 4.72. The molecule has 0 amide bonds. The summed E-state index contributed by atoms with van der Waals surface area (Å²) >= 11 is 0. The molecule has 0 spiro atoms. The molecule has 0 N–H and O–H groups in total. The predicted molar refractivity (Wildman–Crippen MR) is 88.8 cm³/mol. The molecule has 2 aromatic rings. The first kappa shape index (κ1) is 18.8. The van der Waals surface area contributed by atoms with Crippen LogP contribution >= 0.6 is 10.5 Å². The van der Waals surface area contributed by atoms with Crippen molar-refractivity contribution >= 4 is 26.5 Å². The van der Waals surface area contributed by atoms with E-state index in [2.05, 4.69) is 0 Å². The van der Waals surface area contributed by atoms with Gasteiger partial charge in [-0.25, -0.2) is 0 Å². The number of aliphatic carboxylic acids is 1. The summed E-state index contributed by atoms with van der Waals surface area (Å²) in [5, 5.41) is 9.66. The van der Waals surface area contributed by atoms with Crippen molar-refractivity contribution in [3.63, 3.8) is 0 Å². The van der Waals surface area contributed by atoms with Crippen LogP contribution in [-0.4, -0.2) is 5.97 Å². The topological polar surface area (TPSA) is 40.1 Å². The highest BCUT2D eigenvalue weighted by Gasteiger charge is 2.49. The number of benzene rings is 1. The molecule has 0 aliphatic heterocycles. The molecule has 1 heterocycles. The molecule has 1 aromatic heterocycles. The maximum absolute atomic E-state index is 13.5. The standard InChI is InChI=1S/C16H18F3S.C2H4O2/c17-16(18,19)20-14-10-6-5-9-13(14)11-15(20)12-7-3-1-2-4-8-12;1-2(3)4/h5-6,9-12H,1-4,7-8H2;1H3,(H,3,4)/q+1;/p-1. The molecule has 1 fully saturated rings. The zero-order chi connectivity index (χ0) is 17.7. The molecule has 3 rings (SSSR count). The van der Waals surface area contributed by atoms with Gasteiger partial charge in [-0.05, 0) is 31.9 Å². The molecule has 1 aromatic carbocycles. The van der Waals surface area contributed by atoms with Crippen LogP contribution in [0.4, 0.5) is 13.2 Å². The second-order valence-corrected chi connectivity index (χ2v) is 8.00. The molecular formula is C18H21F3O2S. The average Bonchev–Trinajstić information content (AvgIpc) is 2.67. The number of fused-ring (bicyclic) bond motifs is 1. The Morgan fingerprint density at radius 2 is 1.67 bits per heavy atom. The van der Waals surface area contributed by atoms with E-state index in [1.807, 2.05) is 18.2 Å². The van der Waals surface area contributed by atoms with Gasteiger partial charge in [0.05, 0.1) is 10.5 Å². The summed E-state index contributed by atoms with van der Waals surface area (Å²) in [5.41, 5.74) is -4.15. The Hall–Kier alpha value is -1.56. The summed E-state index contributed by atoms with van der Waals surface area (Å²) < 4.78 is 41.0. The fraction of sp³-hybridized carbons (Fsp3) is 0.500. The smallest absolute Gasteiger partial charge is 0.550 e. The molecule has 0 bridgehead atoms. The maximum Gasteiger partial charge on any atom is 0.600 e. The Morgan fingerprint density at radius 3 is 2.21 bits per heavy atom. The number of rotatable bonds is 1. The molecule has 1 unspecified atom stereocenters. The summed E-state index contributed by atoms with van der Waals surface area (Å²) in [5.74, 6) is -0.963. The van der Waals surface area contributed by atoms with E-state index in [4.69, 9.17) is 9.90 Å². The zero-order valence-corrected chi connectivity index (χ0v) is 14.4. The van der Waals surface area contributed by atoms with Gasteiger partial charge in [-0.3, -0.25) is 0 Å². The third-order valence-corrected chi connectivity index (χ3v) is 6.36. The van der Waals surface area contributed by atoms with Crippen molar-refractivity contribution in [2.24, 2.45) is 0 Å². The molecule has 1 aliphatic rings. The van der Waals surface area contributed by atoms with E-state index >= 15 is 0 Å². The number of alkyl halides is 3. The highest BCUT2D eigenvalue weighted by atomic mass is 32.2. The zero-order valence-electron chi connectivity index (χ0n) is 13.6. The number of hydrogen-bond donors (Lipinski definition) is 0. The van der Waals surface area contributed by atoms with Gasteiger partial charge in [-0.1, -0.05) is 37.8 Å². The molecule has 24 heavy (non-hydrogen) atoms. The number of carbonyl (C=O) groups excluding carboxylic acids is 1. The molecule has 2 nitrogen and oxygen atoms in total. The lowest BCUT2D eigenvalue weighted by molar-refractivity contribution is -0.302. The average molecular weight is 358 g/mol. The molecule has 1 saturated carbocycles. The number of carbonyl (C=O) groups is 1. The Kier molecular flexibility index (Phi) is 6.27. The van der Waals surface area contributed by atoms with E-state index in [9.17, 15) is 13.2 Å². The minimum absolute atomic E-state index is 0.120. The van der Waals surface area contributed by atoms with Crippen molar-refractivity contribution in [3.05, 3.63) is 35.2 Å². The third-order valence-electron chi connectivity index (χ3n) is 4.16. The Labute approximate surface area is 142 Å². The second kappa shape index (κ2) is 8.01. The maximum atomic E-state index is 13.5. The normalized spacial score (nSPS) is 17.1. The van der Waals surface area contributed by atoms with Gasteiger partial charge in [-0.15, -0.1) is 13.2 Å². The highest BCUT2D eigenvalue weighted by Crippen LogP contribution is 2.54. The van der Waals surface area contributed by atoms with Crippen LogP contribution in [0.2, 0.25) is 0 Å². The van der Waals surface area contributed by atoms with Crippen molar-refractivity contribution in [1.82, 2.24) is 0 Å². The van der Waals surface area contributed by atoms with Crippen LogP contribution in [0.15, 0.2) is 30.3 Å². The molecule has 132 valence electrons. The van der Waals surface area contributed by atoms with Crippen LogP contribution < -0.4 is 5.11 Å². The summed E-state index contributed by atoms with van der Waals surface area (Å²) in [4.78, 5) is 9.53. The van der Waals surface area contributed by atoms with Crippen LogP contribution in [0.25, 0.3) is 10.1 Å². The van der Waals surface area contributed by atoms with Gasteiger partial charge in [0.1, 0.15) is 0 Å². The lowest BCUT2D eigenvalue weighted by Gasteiger charge is -2.10. The highest BCUT2D eigenvalue weighted by molar-refractivity contribution is 7.38. The first-order valence-corrected chi connectivity index (χ1v) is 9.32. The van der Waals surface area contributed by atoms with E-state index in [-0.39, 0.29) is 5.92 Å². The number of carboxylic acid groups (broad SMARTS) is 1. The van der Waals surface area contributed by atoms with Crippen molar-refractivity contribution in [2.45, 2.75) is 56.9 Å². The number of halogens is 3. The van der Waals surface area contributed by atoms with Crippen LogP contribution in [0.5, 0.6) is 0 Å². The van der Waals surface area contributed by atoms with Crippen LogP contribution in [0.1, 0.15) is 56.2 Å².